The van der Waals surface area contributed by atoms with Crippen LogP contribution in [0.5, 0.6) is 5.75 Å². The first-order valence-corrected chi connectivity index (χ1v) is 4.67. The number of nitrogens with one attached hydrogen (secondary N) is 1. The fraction of sp³-hybridized carbons (Fsp3) is 0.400. The van der Waals surface area contributed by atoms with Crippen LogP contribution in [0.25, 0.3) is 0 Å². The summed E-state index contributed by atoms with van der Waals surface area (Å²) in [6.45, 7) is 1.98. The lowest BCUT2D eigenvalue weighted by Gasteiger charge is -2.09. The molecule has 0 saturated carbocycles. The van der Waals surface area contributed by atoms with Gasteiger partial charge in [-0.1, -0.05) is 6.92 Å². The van der Waals surface area contributed by atoms with E-state index >= 15 is 0 Å². The number of rotatable bonds is 4. The summed E-state index contributed by atoms with van der Waals surface area (Å²) < 4.78 is 5.09. The second kappa shape index (κ2) is 4.63. The van der Waals surface area contributed by atoms with E-state index in [9.17, 15) is 10.1 Å². The van der Waals surface area contributed by atoms with Gasteiger partial charge in [-0.3, -0.25) is 10.1 Å². The minimum absolute atomic E-state index is 0.0338. The quantitative estimate of drug-likeness (QED) is 0.611. The highest BCUT2D eigenvalue weighted by molar-refractivity contribution is 5.66. The molecule has 1 aromatic rings. The zero-order valence-corrected chi connectivity index (χ0v) is 9.03. The van der Waals surface area contributed by atoms with E-state index in [0.29, 0.717) is 11.4 Å². The topological polar surface area (TPSA) is 64.4 Å². The summed E-state index contributed by atoms with van der Waals surface area (Å²) in [7, 11) is 3.17. The Morgan fingerprint density at radius 1 is 1.53 bits per heavy atom. The van der Waals surface area contributed by atoms with Crippen LogP contribution in [-0.2, 0) is 6.42 Å². The van der Waals surface area contributed by atoms with Gasteiger partial charge in [-0.2, -0.15) is 0 Å². The molecule has 0 unspecified atom stereocenters. The van der Waals surface area contributed by atoms with Crippen LogP contribution in [0.4, 0.5) is 11.4 Å². The van der Waals surface area contributed by atoms with E-state index in [1.165, 1.54) is 13.2 Å². The van der Waals surface area contributed by atoms with Crippen LogP contribution in [0, 0.1) is 10.1 Å². The molecule has 1 aromatic carbocycles. The van der Waals surface area contributed by atoms with E-state index in [1.54, 1.807) is 13.1 Å². The van der Waals surface area contributed by atoms with Crippen molar-refractivity contribution in [2.24, 2.45) is 0 Å². The number of anilines is 1. The van der Waals surface area contributed by atoms with Gasteiger partial charge in [0.1, 0.15) is 11.4 Å². The lowest BCUT2D eigenvalue weighted by Crippen LogP contribution is -2.00. The Morgan fingerprint density at radius 3 is 2.60 bits per heavy atom. The monoisotopic (exact) mass is 210 g/mol. The van der Waals surface area contributed by atoms with Crippen molar-refractivity contribution in [2.45, 2.75) is 13.3 Å². The molecule has 5 nitrogen and oxygen atoms in total. The Labute approximate surface area is 88.2 Å². The largest absolute Gasteiger partial charge is 0.496 e. The first-order valence-electron chi connectivity index (χ1n) is 4.67. The van der Waals surface area contributed by atoms with Gasteiger partial charge in [-0.05, 0) is 18.1 Å². The van der Waals surface area contributed by atoms with Crippen molar-refractivity contribution >= 4 is 11.4 Å². The number of methoxy groups -OCH3 is 1. The number of benzene rings is 1. The fourth-order valence-electron chi connectivity index (χ4n) is 1.43. The number of aryl methyl sites for hydroxylation is 1. The highest BCUT2D eigenvalue weighted by atomic mass is 16.6. The van der Waals surface area contributed by atoms with Crippen molar-refractivity contribution in [3.05, 3.63) is 27.8 Å². The van der Waals surface area contributed by atoms with Gasteiger partial charge in [0.05, 0.1) is 18.1 Å². The highest BCUT2D eigenvalue weighted by Crippen LogP contribution is 2.32. The summed E-state index contributed by atoms with van der Waals surface area (Å²) in [4.78, 5) is 10.3. The number of hydrogen-bond donors (Lipinski definition) is 1. The normalized spacial score (nSPS) is 9.80. The molecule has 0 spiro atoms. The minimum atomic E-state index is -0.423. The van der Waals surface area contributed by atoms with E-state index in [4.69, 9.17) is 4.74 Å². The maximum Gasteiger partial charge on any atom is 0.296 e. The molecule has 0 heterocycles. The molecule has 5 heteroatoms. The van der Waals surface area contributed by atoms with E-state index < -0.39 is 4.92 Å². The van der Waals surface area contributed by atoms with Crippen molar-refractivity contribution in [1.82, 2.24) is 0 Å². The highest BCUT2D eigenvalue weighted by Gasteiger charge is 2.16. The molecular formula is C10H14N2O3. The average molecular weight is 210 g/mol. The molecule has 82 valence electrons. The smallest absolute Gasteiger partial charge is 0.296 e. The predicted octanol–water partition coefficient (Wildman–Crippen LogP) is 2.21. The molecule has 0 amide bonds. The van der Waals surface area contributed by atoms with Gasteiger partial charge in [-0.15, -0.1) is 0 Å². The molecular weight excluding hydrogens is 196 g/mol. The molecule has 0 aliphatic carbocycles. The first-order chi connectivity index (χ1) is 7.13. The van der Waals surface area contributed by atoms with Crippen LogP contribution >= 0.6 is 0 Å². The summed E-state index contributed by atoms with van der Waals surface area (Å²) in [6.07, 6.45) is 0.774. The van der Waals surface area contributed by atoms with Gasteiger partial charge < -0.3 is 10.1 Å². The number of ether oxygens (including phenoxy) is 1. The van der Waals surface area contributed by atoms with E-state index in [1.807, 2.05) is 6.92 Å². The van der Waals surface area contributed by atoms with Gasteiger partial charge >= 0.3 is 0 Å². The zero-order valence-electron chi connectivity index (χ0n) is 9.03. The van der Waals surface area contributed by atoms with E-state index in [-0.39, 0.29) is 5.69 Å². The molecule has 1 N–H and O–H groups in total. The predicted molar refractivity (Wildman–Crippen MR) is 58.6 cm³/mol. The number of hydrogen-bond acceptors (Lipinski definition) is 4. The standard InChI is InChI=1S/C10H14N2O3/c1-4-7-5-8(11-2)9(12(13)14)6-10(7)15-3/h5-6,11H,4H2,1-3H3. The third-order valence-corrected chi connectivity index (χ3v) is 2.25. The summed E-state index contributed by atoms with van der Waals surface area (Å²) in [5, 5.41) is 13.6. The minimum Gasteiger partial charge on any atom is -0.496 e. The van der Waals surface area contributed by atoms with Crippen LogP contribution in [0.3, 0.4) is 0 Å². The Morgan fingerprint density at radius 2 is 2.20 bits per heavy atom. The van der Waals surface area contributed by atoms with Crippen LogP contribution in [0.2, 0.25) is 0 Å². The average Bonchev–Trinajstić information content (AvgIpc) is 2.26. The number of nitrogens with zero attached hydrogens (tertiary/aromatic N) is 1. The van der Waals surface area contributed by atoms with Crippen LogP contribution in [0.1, 0.15) is 12.5 Å². The van der Waals surface area contributed by atoms with Gasteiger partial charge in [0.2, 0.25) is 0 Å². The molecule has 1 rings (SSSR count). The third-order valence-electron chi connectivity index (χ3n) is 2.25. The van der Waals surface area contributed by atoms with Gasteiger partial charge in [0, 0.05) is 7.05 Å². The summed E-state index contributed by atoms with van der Waals surface area (Å²) in [5.41, 5.74) is 1.50. The summed E-state index contributed by atoms with van der Waals surface area (Å²) in [5.74, 6) is 0.559. The van der Waals surface area contributed by atoms with Crippen LogP contribution in [-0.4, -0.2) is 19.1 Å². The SMILES string of the molecule is CCc1cc(NC)c([N+](=O)[O-])cc1OC. The second-order valence-electron chi connectivity index (χ2n) is 3.04. The molecule has 0 aliphatic heterocycles. The molecule has 0 fully saturated rings. The summed E-state index contributed by atoms with van der Waals surface area (Å²) >= 11 is 0. The Balaban J connectivity index is 3.34. The molecule has 0 aliphatic rings. The zero-order chi connectivity index (χ0) is 11.4. The maximum absolute atomic E-state index is 10.8. The lowest BCUT2D eigenvalue weighted by atomic mass is 10.1. The van der Waals surface area contributed by atoms with Crippen molar-refractivity contribution < 1.29 is 9.66 Å². The van der Waals surface area contributed by atoms with Gasteiger partial charge in [-0.25, -0.2) is 0 Å². The number of nitro groups is 1. The molecule has 15 heavy (non-hydrogen) atoms. The van der Waals surface area contributed by atoms with E-state index in [0.717, 1.165) is 12.0 Å². The molecule has 0 radical (unpaired) electrons. The Kier molecular flexibility index (Phi) is 3.49. The van der Waals surface area contributed by atoms with Crippen molar-refractivity contribution in [3.8, 4) is 5.75 Å². The molecule has 0 aromatic heterocycles. The summed E-state index contributed by atoms with van der Waals surface area (Å²) in [6, 6.07) is 3.20. The van der Waals surface area contributed by atoms with Gasteiger partial charge in [0.15, 0.2) is 0 Å². The second-order valence-corrected chi connectivity index (χ2v) is 3.04. The number of nitro benzene ring substituents is 1. The van der Waals surface area contributed by atoms with Crippen molar-refractivity contribution in [2.75, 3.05) is 19.5 Å². The maximum atomic E-state index is 10.8. The van der Waals surface area contributed by atoms with E-state index in [2.05, 4.69) is 5.32 Å². The Hall–Kier alpha value is -1.78. The molecule has 0 atom stereocenters. The van der Waals surface area contributed by atoms with Crippen LogP contribution in [0.15, 0.2) is 12.1 Å². The first kappa shape index (κ1) is 11.3. The third kappa shape index (κ3) is 2.18. The van der Waals surface area contributed by atoms with Crippen molar-refractivity contribution in [3.63, 3.8) is 0 Å². The molecule has 0 saturated heterocycles. The molecule has 0 bridgehead atoms. The lowest BCUT2D eigenvalue weighted by molar-refractivity contribution is -0.384. The van der Waals surface area contributed by atoms with Crippen LogP contribution < -0.4 is 10.1 Å². The fourth-order valence-corrected chi connectivity index (χ4v) is 1.43. The Bertz CT molecular complexity index is 377. The van der Waals surface area contributed by atoms with Gasteiger partial charge in [0.25, 0.3) is 5.69 Å². The van der Waals surface area contributed by atoms with Crippen molar-refractivity contribution in [1.29, 1.82) is 0 Å².